The molecule has 0 radical (unpaired) electrons. The van der Waals surface area contributed by atoms with E-state index >= 15 is 0 Å². The number of hydrogen-bond donors (Lipinski definition) is 3. The number of para-hydroxylation sites is 2. The molecule has 1 aliphatic rings. The molecule has 1 atom stereocenters. The number of nitrogens with one attached hydrogen (secondary N) is 1. The van der Waals surface area contributed by atoms with Gasteiger partial charge in [-0.1, -0.05) is 18.6 Å². The molecule has 0 aromatic heterocycles. The molecule has 3 N–H and O–H groups in total. The summed E-state index contributed by atoms with van der Waals surface area (Å²) in [5, 5.41) is 21.5. The van der Waals surface area contributed by atoms with Crippen LogP contribution in [0.5, 0.6) is 5.75 Å². The minimum Gasteiger partial charge on any atom is -0.506 e. The third kappa shape index (κ3) is 4.73. The van der Waals surface area contributed by atoms with Gasteiger partial charge in [0, 0.05) is 13.0 Å². The molecular weight excluding hydrogens is 284 g/mol. The number of phenols is 1. The Morgan fingerprint density at radius 2 is 1.86 bits per heavy atom. The Morgan fingerprint density at radius 3 is 2.50 bits per heavy atom. The van der Waals surface area contributed by atoms with E-state index in [1.165, 1.54) is 12.5 Å². The van der Waals surface area contributed by atoms with Gasteiger partial charge in [-0.3, -0.25) is 9.59 Å². The number of aliphatic carboxylic acids is 1. The van der Waals surface area contributed by atoms with Crippen molar-refractivity contribution >= 4 is 17.6 Å². The van der Waals surface area contributed by atoms with Crippen molar-refractivity contribution in [1.82, 2.24) is 4.90 Å². The first-order valence-electron chi connectivity index (χ1n) is 7.59. The van der Waals surface area contributed by atoms with Gasteiger partial charge in [-0.15, -0.1) is 0 Å². The summed E-state index contributed by atoms with van der Waals surface area (Å²) in [7, 11) is 0. The van der Waals surface area contributed by atoms with Crippen LogP contribution in [0.15, 0.2) is 24.3 Å². The lowest BCUT2D eigenvalue weighted by atomic mass is 10.0. The quantitative estimate of drug-likeness (QED) is 0.699. The highest BCUT2D eigenvalue weighted by Crippen LogP contribution is 2.22. The maximum absolute atomic E-state index is 12.0. The fourth-order valence-electron chi connectivity index (χ4n) is 2.69. The van der Waals surface area contributed by atoms with E-state index in [0.29, 0.717) is 12.2 Å². The minimum absolute atomic E-state index is 0.0289. The summed E-state index contributed by atoms with van der Waals surface area (Å²) >= 11 is 0. The SMILES string of the molecule is O=C(C[C@H](CN1CCCCC1)C(=O)O)Nc1ccccc1O. The third-order valence-electron chi connectivity index (χ3n) is 3.89. The van der Waals surface area contributed by atoms with Crippen molar-refractivity contribution in [3.63, 3.8) is 0 Å². The van der Waals surface area contributed by atoms with E-state index in [0.717, 1.165) is 25.9 Å². The number of nitrogens with zero attached hydrogens (tertiary/aromatic N) is 1. The summed E-state index contributed by atoms with van der Waals surface area (Å²) in [5.74, 6) is -2.12. The maximum atomic E-state index is 12.0. The van der Waals surface area contributed by atoms with Gasteiger partial charge in [-0.2, -0.15) is 0 Å². The molecule has 0 spiro atoms. The van der Waals surface area contributed by atoms with Gasteiger partial charge in [-0.05, 0) is 38.1 Å². The van der Waals surface area contributed by atoms with Crippen molar-refractivity contribution in [2.75, 3.05) is 25.0 Å². The third-order valence-corrected chi connectivity index (χ3v) is 3.89. The largest absolute Gasteiger partial charge is 0.506 e. The molecule has 120 valence electrons. The number of likely N-dealkylation sites (tertiary alicyclic amines) is 1. The second-order valence-corrected chi connectivity index (χ2v) is 5.67. The van der Waals surface area contributed by atoms with E-state index in [9.17, 15) is 19.8 Å². The fourth-order valence-corrected chi connectivity index (χ4v) is 2.69. The Balaban J connectivity index is 1.91. The highest BCUT2D eigenvalue weighted by molar-refractivity contribution is 5.94. The van der Waals surface area contributed by atoms with Crippen LogP contribution in [0, 0.1) is 5.92 Å². The lowest BCUT2D eigenvalue weighted by Gasteiger charge is -2.28. The number of aromatic hydroxyl groups is 1. The van der Waals surface area contributed by atoms with Crippen LogP contribution in [-0.2, 0) is 9.59 Å². The monoisotopic (exact) mass is 306 g/mol. The fraction of sp³-hybridized carbons (Fsp3) is 0.500. The lowest BCUT2D eigenvalue weighted by Crippen LogP contribution is -2.38. The number of amides is 1. The Bertz CT molecular complexity index is 527. The minimum atomic E-state index is -0.960. The molecule has 2 rings (SSSR count). The van der Waals surface area contributed by atoms with Crippen molar-refractivity contribution in [1.29, 1.82) is 0 Å². The Kier molecular flexibility index (Phi) is 5.77. The number of anilines is 1. The van der Waals surface area contributed by atoms with Gasteiger partial charge in [0.15, 0.2) is 0 Å². The number of hydrogen-bond acceptors (Lipinski definition) is 4. The molecule has 1 aliphatic heterocycles. The summed E-state index contributed by atoms with van der Waals surface area (Å²) in [5.41, 5.74) is 0.301. The molecule has 1 fully saturated rings. The van der Waals surface area contributed by atoms with E-state index in [1.807, 2.05) is 0 Å². The number of carbonyl (C=O) groups excluding carboxylic acids is 1. The molecule has 1 aromatic carbocycles. The molecule has 1 saturated heterocycles. The summed E-state index contributed by atoms with van der Waals surface area (Å²) in [6, 6.07) is 6.39. The second kappa shape index (κ2) is 7.79. The van der Waals surface area contributed by atoms with Gasteiger partial charge in [0.1, 0.15) is 5.75 Å². The van der Waals surface area contributed by atoms with E-state index in [4.69, 9.17) is 0 Å². The molecular formula is C16H22N2O4. The smallest absolute Gasteiger partial charge is 0.308 e. The normalized spacial score (nSPS) is 16.9. The molecule has 0 aliphatic carbocycles. The van der Waals surface area contributed by atoms with Crippen LogP contribution in [0.3, 0.4) is 0 Å². The topological polar surface area (TPSA) is 89.9 Å². The zero-order valence-corrected chi connectivity index (χ0v) is 12.5. The van der Waals surface area contributed by atoms with Crippen LogP contribution >= 0.6 is 0 Å². The van der Waals surface area contributed by atoms with Crippen molar-refractivity contribution in [3.05, 3.63) is 24.3 Å². The van der Waals surface area contributed by atoms with Crippen LogP contribution in [0.1, 0.15) is 25.7 Å². The van der Waals surface area contributed by atoms with Gasteiger partial charge >= 0.3 is 5.97 Å². The first-order chi connectivity index (χ1) is 10.6. The van der Waals surface area contributed by atoms with Crippen molar-refractivity contribution in [3.8, 4) is 5.75 Å². The Morgan fingerprint density at radius 1 is 1.18 bits per heavy atom. The van der Waals surface area contributed by atoms with Crippen LogP contribution in [0.4, 0.5) is 5.69 Å². The molecule has 1 amide bonds. The number of phenolic OH excluding ortho intramolecular Hbond substituents is 1. The Labute approximate surface area is 129 Å². The van der Waals surface area contributed by atoms with Gasteiger partial charge in [-0.25, -0.2) is 0 Å². The number of carboxylic acid groups (broad SMARTS) is 1. The average Bonchev–Trinajstić information content (AvgIpc) is 2.50. The summed E-state index contributed by atoms with van der Waals surface area (Å²) in [4.78, 5) is 25.5. The zero-order valence-electron chi connectivity index (χ0n) is 12.5. The number of rotatable bonds is 6. The average molecular weight is 306 g/mol. The first kappa shape index (κ1) is 16.3. The number of carboxylic acids is 1. The van der Waals surface area contributed by atoms with Gasteiger partial charge < -0.3 is 20.4 Å². The predicted octanol–water partition coefficient (Wildman–Crippen LogP) is 1.91. The summed E-state index contributed by atoms with van der Waals surface area (Å²) in [6.07, 6.45) is 3.25. The van der Waals surface area contributed by atoms with Crippen molar-refractivity contribution in [2.24, 2.45) is 5.92 Å². The van der Waals surface area contributed by atoms with Crippen molar-refractivity contribution < 1.29 is 19.8 Å². The van der Waals surface area contributed by atoms with E-state index < -0.39 is 17.8 Å². The first-order valence-corrected chi connectivity index (χ1v) is 7.59. The number of piperidine rings is 1. The molecule has 22 heavy (non-hydrogen) atoms. The van der Waals surface area contributed by atoms with Crippen LogP contribution < -0.4 is 5.32 Å². The highest BCUT2D eigenvalue weighted by Gasteiger charge is 2.25. The van der Waals surface area contributed by atoms with E-state index in [-0.39, 0.29) is 12.2 Å². The van der Waals surface area contributed by atoms with E-state index in [2.05, 4.69) is 10.2 Å². The molecule has 0 bridgehead atoms. The summed E-state index contributed by atoms with van der Waals surface area (Å²) in [6.45, 7) is 2.18. The van der Waals surface area contributed by atoms with Gasteiger partial charge in [0.2, 0.25) is 5.91 Å². The molecule has 0 saturated carbocycles. The summed E-state index contributed by atoms with van der Waals surface area (Å²) < 4.78 is 0. The molecule has 0 unspecified atom stereocenters. The van der Waals surface area contributed by atoms with Gasteiger partial charge in [0.05, 0.1) is 11.6 Å². The number of carbonyl (C=O) groups is 2. The lowest BCUT2D eigenvalue weighted by molar-refractivity contribution is -0.144. The second-order valence-electron chi connectivity index (χ2n) is 5.67. The maximum Gasteiger partial charge on any atom is 0.308 e. The van der Waals surface area contributed by atoms with Gasteiger partial charge in [0.25, 0.3) is 0 Å². The highest BCUT2D eigenvalue weighted by atomic mass is 16.4. The van der Waals surface area contributed by atoms with E-state index in [1.54, 1.807) is 18.2 Å². The molecule has 1 heterocycles. The molecule has 1 aromatic rings. The molecule has 6 heteroatoms. The Hall–Kier alpha value is -2.08. The standard InChI is InChI=1S/C16H22N2O4/c19-14-7-3-2-6-13(14)17-15(20)10-12(16(21)22)11-18-8-4-1-5-9-18/h2-3,6-7,12,19H,1,4-5,8-11H2,(H,17,20)(H,21,22)/t12-/m1/s1. The van der Waals surface area contributed by atoms with Crippen LogP contribution in [-0.4, -0.2) is 46.6 Å². The predicted molar refractivity (Wildman–Crippen MR) is 82.8 cm³/mol. The molecule has 6 nitrogen and oxygen atoms in total. The zero-order chi connectivity index (χ0) is 15.9. The van der Waals surface area contributed by atoms with Crippen LogP contribution in [0.25, 0.3) is 0 Å². The van der Waals surface area contributed by atoms with Crippen molar-refractivity contribution in [2.45, 2.75) is 25.7 Å². The van der Waals surface area contributed by atoms with Crippen LogP contribution in [0.2, 0.25) is 0 Å². The number of benzene rings is 1.